The van der Waals surface area contributed by atoms with Gasteiger partial charge in [0.1, 0.15) is 0 Å². The molecular weight excluding hydrogens is 234 g/mol. The van der Waals surface area contributed by atoms with Gasteiger partial charge in [-0.05, 0) is 12.3 Å². The number of hydrogen-bond acceptors (Lipinski definition) is 2. The van der Waals surface area contributed by atoms with E-state index in [1.165, 1.54) is 38.5 Å². The molecule has 2 atom stereocenters. The van der Waals surface area contributed by atoms with Gasteiger partial charge in [0, 0.05) is 6.54 Å². The third kappa shape index (κ3) is 11.1. The third-order valence-electron chi connectivity index (χ3n) is 3.17. The Balaban J connectivity index is 3.18. The van der Waals surface area contributed by atoms with Gasteiger partial charge in [0.25, 0.3) is 0 Å². The Morgan fingerprint density at radius 3 is 1.88 bits per heavy atom. The zero-order valence-corrected chi connectivity index (χ0v) is 12.3. The third-order valence-corrected chi connectivity index (χ3v) is 3.68. The lowest BCUT2D eigenvalue weighted by Gasteiger charge is -2.14. The van der Waals surface area contributed by atoms with Gasteiger partial charge in [-0.1, -0.05) is 58.8 Å². The molecule has 0 saturated carbocycles. The van der Waals surface area contributed by atoms with Crippen LogP contribution in [-0.2, 0) is 0 Å². The van der Waals surface area contributed by atoms with Crippen LogP contribution in [0.5, 0.6) is 0 Å². The number of unbranched alkanes of at least 4 members (excludes halogenated alkanes) is 5. The summed E-state index contributed by atoms with van der Waals surface area (Å²) in [6.45, 7) is 4.83. The highest BCUT2D eigenvalue weighted by molar-refractivity contribution is 6.21. The van der Waals surface area contributed by atoms with Crippen molar-refractivity contribution in [2.24, 2.45) is 11.7 Å². The molecule has 3 N–H and O–H groups in total. The molecule has 3 heteroatoms. The lowest BCUT2D eigenvalue weighted by Crippen LogP contribution is -2.29. The van der Waals surface area contributed by atoms with E-state index in [0.29, 0.717) is 0 Å². The fourth-order valence-electron chi connectivity index (χ4n) is 1.94. The molecule has 0 rings (SSSR count). The first kappa shape index (κ1) is 17.2. The fraction of sp³-hybridized carbons (Fsp3) is 1.00. The van der Waals surface area contributed by atoms with E-state index in [0.717, 1.165) is 18.8 Å². The summed E-state index contributed by atoms with van der Waals surface area (Å²) in [6.07, 6.45) is 9.37. The van der Waals surface area contributed by atoms with Gasteiger partial charge >= 0.3 is 0 Å². The normalized spacial score (nSPS) is 15.2. The van der Waals surface area contributed by atoms with E-state index < -0.39 is 6.10 Å². The molecule has 0 amide bonds. The number of nitrogens with two attached hydrogens (primary N) is 1. The Kier molecular flexibility index (Phi) is 11.4. The van der Waals surface area contributed by atoms with E-state index in [9.17, 15) is 5.11 Å². The van der Waals surface area contributed by atoms with E-state index in [1.54, 1.807) is 0 Å². The van der Waals surface area contributed by atoms with Crippen LogP contribution in [0.1, 0.15) is 65.2 Å². The first-order valence-corrected chi connectivity index (χ1v) is 7.53. The van der Waals surface area contributed by atoms with Gasteiger partial charge in [0.2, 0.25) is 0 Å². The Morgan fingerprint density at radius 1 is 0.941 bits per heavy atom. The largest absolute Gasteiger partial charge is 0.390 e. The minimum absolute atomic E-state index is 0.166. The van der Waals surface area contributed by atoms with Gasteiger partial charge in [-0.15, -0.1) is 11.6 Å². The van der Waals surface area contributed by atoms with Crippen molar-refractivity contribution < 1.29 is 5.11 Å². The highest BCUT2D eigenvalue weighted by atomic mass is 35.5. The van der Waals surface area contributed by atoms with E-state index in [2.05, 4.69) is 13.8 Å². The smallest absolute Gasteiger partial charge is 0.0825 e. The zero-order valence-electron chi connectivity index (χ0n) is 11.5. The predicted molar refractivity (Wildman–Crippen MR) is 76.5 cm³/mol. The predicted octanol–water partition coefficient (Wildman–Crippen LogP) is 3.69. The quantitative estimate of drug-likeness (QED) is 0.441. The van der Waals surface area contributed by atoms with Crippen LogP contribution in [0.2, 0.25) is 0 Å². The maximum Gasteiger partial charge on any atom is 0.0825 e. The summed E-state index contributed by atoms with van der Waals surface area (Å²) >= 11 is 6.00. The molecule has 0 aliphatic heterocycles. The van der Waals surface area contributed by atoms with Gasteiger partial charge < -0.3 is 10.8 Å². The SMILES string of the molecule is CC(C)CCCCCCCCC(Cl)C(O)CN. The summed E-state index contributed by atoms with van der Waals surface area (Å²) in [4.78, 5) is 0. The van der Waals surface area contributed by atoms with Gasteiger partial charge in [-0.25, -0.2) is 0 Å². The van der Waals surface area contributed by atoms with Gasteiger partial charge in [0.15, 0.2) is 0 Å². The van der Waals surface area contributed by atoms with E-state index in [1.807, 2.05) is 0 Å². The van der Waals surface area contributed by atoms with Crippen molar-refractivity contribution in [1.82, 2.24) is 0 Å². The van der Waals surface area contributed by atoms with E-state index in [-0.39, 0.29) is 11.9 Å². The molecular formula is C14H30ClNO. The number of aliphatic hydroxyl groups excluding tert-OH is 1. The van der Waals surface area contributed by atoms with Crippen molar-refractivity contribution in [3.63, 3.8) is 0 Å². The first-order chi connectivity index (χ1) is 8.07. The van der Waals surface area contributed by atoms with Crippen molar-refractivity contribution in [3.05, 3.63) is 0 Å². The number of aliphatic hydroxyl groups is 1. The molecule has 0 aliphatic carbocycles. The summed E-state index contributed by atoms with van der Waals surface area (Å²) in [5.41, 5.74) is 5.35. The maximum absolute atomic E-state index is 9.39. The highest BCUT2D eigenvalue weighted by Crippen LogP contribution is 2.15. The zero-order chi connectivity index (χ0) is 13.1. The summed E-state index contributed by atoms with van der Waals surface area (Å²) < 4.78 is 0. The molecule has 0 heterocycles. The Hall–Kier alpha value is 0.210. The highest BCUT2D eigenvalue weighted by Gasteiger charge is 2.13. The second-order valence-corrected chi connectivity index (χ2v) is 5.97. The minimum Gasteiger partial charge on any atom is -0.390 e. The molecule has 0 bridgehead atoms. The van der Waals surface area contributed by atoms with Crippen molar-refractivity contribution in [3.8, 4) is 0 Å². The first-order valence-electron chi connectivity index (χ1n) is 7.10. The van der Waals surface area contributed by atoms with Crippen LogP contribution in [0.15, 0.2) is 0 Å². The monoisotopic (exact) mass is 263 g/mol. The fourth-order valence-corrected chi connectivity index (χ4v) is 2.20. The van der Waals surface area contributed by atoms with Crippen LogP contribution in [0.4, 0.5) is 0 Å². The summed E-state index contributed by atoms with van der Waals surface area (Å²) in [6, 6.07) is 0. The van der Waals surface area contributed by atoms with Gasteiger partial charge in [0.05, 0.1) is 11.5 Å². The summed E-state index contributed by atoms with van der Waals surface area (Å²) in [5.74, 6) is 0.838. The Labute approximate surface area is 112 Å². The molecule has 2 nitrogen and oxygen atoms in total. The lowest BCUT2D eigenvalue weighted by molar-refractivity contribution is 0.172. The molecule has 0 fully saturated rings. The van der Waals surface area contributed by atoms with Crippen molar-refractivity contribution >= 4 is 11.6 Å². The Morgan fingerprint density at radius 2 is 1.41 bits per heavy atom. The molecule has 0 aromatic carbocycles. The summed E-state index contributed by atoms with van der Waals surface area (Å²) in [5, 5.41) is 9.23. The maximum atomic E-state index is 9.39. The van der Waals surface area contributed by atoms with Crippen molar-refractivity contribution in [2.75, 3.05) is 6.54 Å². The van der Waals surface area contributed by atoms with Crippen LogP contribution < -0.4 is 5.73 Å². The topological polar surface area (TPSA) is 46.2 Å². The average Bonchev–Trinajstić information content (AvgIpc) is 2.30. The van der Waals surface area contributed by atoms with Gasteiger partial charge in [-0.3, -0.25) is 0 Å². The van der Waals surface area contributed by atoms with Crippen molar-refractivity contribution in [1.29, 1.82) is 0 Å². The minimum atomic E-state index is -0.539. The molecule has 104 valence electrons. The lowest BCUT2D eigenvalue weighted by atomic mass is 10.0. The number of halogens is 1. The second kappa shape index (κ2) is 11.3. The van der Waals surface area contributed by atoms with Crippen LogP contribution >= 0.6 is 11.6 Å². The molecule has 0 aliphatic rings. The molecule has 0 spiro atoms. The van der Waals surface area contributed by atoms with Crippen molar-refractivity contribution in [2.45, 2.75) is 76.7 Å². The van der Waals surface area contributed by atoms with Crippen LogP contribution in [0.3, 0.4) is 0 Å². The molecule has 0 aromatic rings. The second-order valence-electron chi connectivity index (χ2n) is 5.41. The number of hydrogen-bond donors (Lipinski definition) is 2. The molecule has 0 aromatic heterocycles. The molecule has 2 unspecified atom stereocenters. The van der Waals surface area contributed by atoms with Crippen LogP contribution in [0, 0.1) is 5.92 Å². The average molecular weight is 264 g/mol. The summed E-state index contributed by atoms with van der Waals surface area (Å²) in [7, 11) is 0. The Bertz CT molecular complexity index is 164. The van der Waals surface area contributed by atoms with E-state index >= 15 is 0 Å². The van der Waals surface area contributed by atoms with E-state index in [4.69, 9.17) is 17.3 Å². The standard InChI is InChI=1S/C14H30ClNO/c1-12(2)9-7-5-3-4-6-8-10-13(15)14(17)11-16/h12-14,17H,3-11,16H2,1-2H3. The number of alkyl halides is 1. The van der Waals surface area contributed by atoms with Crippen LogP contribution in [-0.4, -0.2) is 23.1 Å². The molecule has 0 radical (unpaired) electrons. The molecule has 17 heavy (non-hydrogen) atoms. The molecule has 0 saturated heterocycles. The number of rotatable bonds is 11. The van der Waals surface area contributed by atoms with Gasteiger partial charge in [-0.2, -0.15) is 0 Å². The van der Waals surface area contributed by atoms with Crippen LogP contribution in [0.25, 0.3) is 0 Å².